The average molecular weight is 684 g/mol. The number of para-hydroxylation sites is 2. The van der Waals surface area contributed by atoms with Gasteiger partial charge in [0.15, 0.2) is 0 Å². The van der Waals surface area contributed by atoms with E-state index in [-0.39, 0.29) is 17.3 Å². The fourth-order valence-electron chi connectivity index (χ4n) is 9.53. The third-order valence-corrected chi connectivity index (χ3v) is 11.6. The molecule has 0 aromatic heterocycles. The Morgan fingerprint density at radius 3 is 1.87 bits per heavy atom. The van der Waals surface area contributed by atoms with E-state index in [0.717, 1.165) is 29.3 Å². The van der Waals surface area contributed by atoms with Gasteiger partial charge < -0.3 is 15.1 Å². The summed E-state index contributed by atoms with van der Waals surface area (Å²) in [6.07, 6.45) is 11.9. The van der Waals surface area contributed by atoms with Crippen molar-refractivity contribution in [1.29, 1.82) is 0 Å². The minimum Gasteiger partial charge on any atom is -0.385 e. The van der Waals surface area contributed by atoms with Gasteiger partial charge in [0, 0.05) is 53.0 Å². The van der Waals surface area contributed by atoms with E-state index in [9.17, 15) is 0 Å². The van der Waals surface area contributed by atoms with Crippen molar-refractivity contribution in [2.24, 2.45) is 5.92 Å². The maximum absolute atomic E-state index is 3.53. The van der Waals surface area contributed by atoms with Crippen molar-refractivity contribution in [2.75, 3.05) is 16.3 Å². The van der Waals surface area contributed by atoms with Crippen LogP contribution in [0.2, 0.25) is 0 Å². The Hall–Kier alpha value is -6.32. The van der Waals surface area contributed by atoms with Gasteiger partial charge in [0.2, 0.25) is 0 Å². The molecule has 0 bridgehead atoms. The van der Waals surface area contributed by atoms with E-state index in [1.54, 1.807) is 0 Å². The van der Waals surface area contributed by atoms with Gasteiger partial charge in [-0.1, -0.05) is 121 Å². The van der Waals surface area contributed by atoms with E-state index in [0.29, 0.717) is 0 Å². The number of hydrogen-bond acceptors (Lipinski definition) is 3. The Morgan fingerprint density at radius 2 is 1.19 bits per heavy atom. The average Bonchev–Trinajstić information content (AvgIpc) is 3.66. The van der Waals surface area contributed by atoms with Crippen LogP contribution in [0.1, 0.15) is 40.7 Å². The Bertz CT molecular complexity index is 2460. The van der Waals surface area contributed by atoms with Crippen molar-refractivity contribution < 1.29 is 0 Å². The van der Waals surface area contributed by atoms with Crippen LogP contribution in [0.3, 0.4) is 0 Å². The number of dihydropyridines is 1. The highest BCUT2D eigenvalue weighted by Gasteiger charge is 2.57. The molecule has 6 aromatic carbocycles. The number of benzene rings is 6. The number of rotatable bonds is 6. The van der Waals surface area contributed by atoms with E-state index in [4.69, 9.17) is 0 Å². The molecule has 0 radical (unpaired) electrons. The molecule has 10 rings (SSSR count). The standard InChI is InChI=1S/C50H41N3/c1-34-14-13-19-38(28-34)52(36-15-5-3-6-16-36)39-24-26-44-45-27-25-40(53(37-17-7-4-8-18-37)41-29-35(2)32-51-33-41)31-49(45)50(48(44)30-39)46-22-11-9-20-42(46)43-21-10-12-23-47(43)50/h3-31,33,45,49,51H,32H2,1-2H3. The normalized spacial score (nSPS) is 18.5. The fraction of sp³-hybridized carbons (Fsp3) is 0.120. The Balaban J connectivity index is 1.22. The topological polar surface area (TPSA) is 18.5 Å². The predicted octanol–water partition coefficient (Wildman–Crippen LogP) is 11.8. The molecule has 256 valence electrons. The lowest BCUT2D eigenvalue weighted by molar-refractivity contribution is 0.462. The zero-order valence-corrected chi connectivity index (χ0v) is 30.1. The number of allylic oxidation sites excluding steroid dienone is 4. The molecule has 1 heterocycles. The second kappa shape index (κ2) is 12.4. The zero-order chi connectivity index (χ0) is 35.5. The Morgan fingerprint density at radius 1 is 0.566 bits per heavy atom. The summed E-state index contributed by atoms with van der Waals surface area (Å²) in [5, 5.41) is 3.53. The van der Waals surface area contributed by atoms with Crippen molar-refractivity contribution in [3.63, 3.8) is 0 Å². The minimum absolute atomic E-state index is 0.148. The molecular formula is C50H41N3. The number of nitrogens with zero attached hydrogens (tertiary/aromatic N) is 2. The van der Waals surface area contributed by atoms with E-state index < -0.39 is 0 Å². The molecule has 3 heteroatoms. The Kier molecular flexibility index (Phi) is 7.36. The molecule has 1 N–H and O–H groups in total. The van der Waals surface area contributed by atoms with Gasteiger partial charge in [-0.2, -0.15) is 0 Å². The van der Waals surface area contributed by atoms with Gasteiger partial charge in [0.05, 0.1) is 11.1 Å². The van der Waals surface area contributed by atoms with Crippen molar-refractivity contribution in [1.82, 2.24) is 5.32 Å². The summed E-state index contributed by atoms with van der Waals surface area (Å²) in [5.41, 5.74) is 17.4. The van der Waals surface area contributed by atoms with Crippen LogP contribution in [-0.2, 0) is 5.41 Å². The first-order chi connectivity index (χ1) is 26.1. The summed E-state index contributed by atoms with van der Waals surface area (Å²) in [6, 6.07) is 56.0. The van der Waals surface area contributed by atoms with Gasteiger partial charge in [-0.15, -0.1) is 0 Å². The van der Waals surface area contributed by atoms with Gasteiger partial charge in [-0.05, 0) is 113 Å². The largest absolute Gasteiger partial charge is 0.385 e. The zero-order valence-electron chi connectivity index (χ0n) is 30.1. The van der Waals surface area contributed by atoms with E-state index in [2.05, 4.69) is 211 Å². The molecule has 1 spiro atoms. The molecule has 3 nitrogen and oxygen atoms in total. The van der Waals surface area contributed by atoms with Gasteiger partial charge in [-0.3, -0.25) is 0 Å². The predicted molar refractivity (Wildman–Crippen MR) is 220 cm³/mol. The summed E-state index contributed by atoms with van der Waals surface area (Å²) < 4.78 is 0. The molecule has 0 saturated carbocycles. The summed E-state index contributed by atoms with van der Waals surface area (Å²) in [5.74, 6) is 0.356. The lowest BCUT2D eigenvalue weighted by Crippen LogP contribution is -2.35. The van der Waals surface area contributed by atoms with E-state index >= 15 is 0 Å². The Labute approximate surface area is 312 Å². The van der Waals surface area contributed by atoms with Crippen molar-refractivity contribution in [3.8, 4) is 11.1 Å². The van der Waals surface area contributed by atoms with Crippen molar-refractivity contribution >= 4 is 22.7 Å². The first kappa shape index (κ1) is 31.4. The number of nitrogens with one attached hydrogen (secondary N) is 1. The summed E-state index contributed by atoms with van der Waals surface area (Å²) >= 11 is 0. The fourth-order valence-corrected chi connectivity index (χ4v) is 9.53. The maximum Gasteiger partial charge on any atom is 0.0618 e. The monoisotopic (exact) mass is 683 g/mol. The highest BCUT2D eigenvalue weighted by Crippen LogP contribution is 2.66. The summed E-state index contributed by atoms with van der Waals surface area (Å²) in [6.45, 7) is 5.24. The second-order valence-corrected chi connectivity index (χ2v) is 14.8. The van der Waals surface area contributed by atoms with Crippen LogP contribution >= 0.6 is 0 Å². The van der Waals surface area contributed by atoms with E-state index in [1.807, 2.05) is 0 Å². The SMILES string of the molecule is CC1=CC(N(C2=CC3C(C=C2)c2ccc(N(c4ccccc4)c4cccc(C)c4)cc2C32c3ccccc3-c3ccccc32)c2ccccc2)=CNC1. The van der Waals surface area contributed by atoms with Crippen LogP contribution in [0, 0.1) is 12.8 Å². The van der Waals surface area contributed by atoms with Crippen molar-refractivity contribution in [3.05, 3.63) is 227 Å². The van der Waals surface area contributed by atoms with Crippen LogP contribution in [0.25, 0.3) is 11.1 Å². The van der Waals surface area contributed by atoms with Crippen LogP contribution in [0.4, 0.5) is 22.7 Å². The highest BCUT2D eigenvalue weighted by atomic mass is 15.2. The van der Waals surface area contributed by atoms with Crippen LogP contribution in [-0.4, -0.2) is 6.54 Å². The molecule has 3 aliphatic carbocycles. The molecule has 2 atom stereocenters. The van der Waals surface area contributed by atoms with E-state index in [1.165, 1.54) is 55.9 Å². The van der Waals surface area contributed by atoms with Gasteiger partial charge in [0.1, 0.15) is 0 Å². The molecule has 4 aliphatic rings. The third-order valence-electron chi connectivity index (χ3n) is 11.6. The number of anilines is 4. The quantitative estimate of drug-likeness (QED) is 0.189. The summed E-state index contributed by atoms with van der Waals surface area (Å²) in [4.78, 5) is 4.84. The molecule has 0 saturated heterocycles. The lowest BCUT2D eigenvalue weighted by atomic mass is 9.65. The lowest BCUT2D eigenvalue weighted by Gasteiger charge is -2.39. The molecule has 53 heavy (non-hydrogen) atoms. The first-order valence-corrected chi connectivity index (χ1v) is 18.7. The van der Waals surface area contributed by atoms with Gasteiger partial charge in [0.25, 0.3) is 0 Å². The van der Waals surface area contributed by atoms with Crippen LogP contribution < -0.4 is 15.1 Å². The number of hydrogen-bond donors (Lipinski definition) is 1. The van der Waals surface area contributed by atoms with Crippen LogP contribution in [0.15, 0.2) is 199 Å². The molecule has 6 aromatic rings. The van der Waals surface area contributed by atoms with Gasteiger partial charge >= 0.3 is 0 Å². The first-order valence-electron chi connectivity index (χ1n) is 18.7. The second-order valence-electron chi connectivity index (χ2n) is 14.8. The van der Waals surface area contributed by atoms with Crippen molar-refractivity contribution in [2.45, 2.75) is 25.2 Å². The molecular weight excluding hydrogens is 643 g/mol. The van der Waals surface area contributed by atoms with Crippen LogP contribution in [0.5, 0.6) is 0 Å². The number of aryl methyl sites for hydroxylation is 1. The molecule has 1 aliphatic heterocycles. The number of fused-ring (bicyclic) bond motifs is 10. The van der Waals surface area contributed by atoms with Gasteiger partial charge in [-0.25, -0.2) is 0 Å². The molecule has 0 fully saturated rings. The maximum atomic E-state index is 3.53. The smallest absolute Gasteiger partial charge is 0.0618 e. The highest BCUT2D eigenvalue weighted by molar-refractivity contribution is 5.87. The molecule has 0 amide bonds. The third kappa shape index (κ3) is 4.88. The summed E-state index contributed by atoms with van der Waals surface area (Å²) in [7, 11) is 0. The minimum atomic E-state index is -0.387. The molecule has 2 unspecified atom stereocenters.